The molecule has 6 heterocycles. The minimum absolute atomic E-state index is 0.0101. The molecule has 0 aromatic heterocycles. The molecule has 484 valence electrons. The van der Waals surface area contributed by atoms with Gasteiger partial charge in [0, 0.05) is 50.8 Å². The summed E-state index contributed by atoms with van der Waals surface area (Å²) in [6, 6.07) is 36.2. The van der Waals surface area contributed by atoms with E-state index < -0.39 is 33.7 Å². The van der Waals surface area contributed by atoms with E-state index in [4.69, 9.17) is 11.6 Å². The van der Waals surface area contributed by atoms with Gasteiger partial charge in [-0.3, -0.25) is 34.1 Å². The standard InChI is InChI=1S/2C25H29N5O2.C21H18ClN5O3/c1-15-12-19-20(13-16(15)2)30(22-21(27-19)23(31)29-24(32)28-22)11-10-26-14-17-6-8-18(9-7-17)25(3,4)5;1-4-5-6-18-7-9-19(10-8-18)15-26-11-12-30-21-14-17(3)16(2)13-20(21)27-22-23(30)28-25(32)29-24(22)31;1-11-7-15-16(8-12(11)2)27(19-18(24-15)20(29)26-21(30)25-19)10-17(28)23-9-13-3-5-14(22)6-4-13/h6-9,12-13,26H,10-11,14H2,1-5H3,(H,29,31,32);7-10,13-14,26H,4-6,11-12,15H2,1-3H3,(H,29,31,32);3-8H,9-10H2,1-2H3,(H,23,28)(H,26,29,30). The molecule has 6 N–H and O–H groups in total. The van der Waals surface area contributed by atoms with Crippen LogP contribution in [0.25, 0.3) is 67.7 Å². The van der Waals surface area contributed by atoms with Crippen LogP contribution in [0.15, 0.2) is 138 Å². The minimum atomic E-state index is -0.784. The summed E-state index contributed by atoms with van der Waals surface area (Å²) in [6.45, 7) is 24.9. The number of halogens is 1. The highest BCUT2D eigenvalue weighted by molar-refractivity contribution is 6.30. The van der Waals surface area contributed by atoms with Crippen LogP contribution in [0.3, 0.4) is 0 Å². The van der Waals surface area contributed by atoms with Crippen LogP contribution in [0.1, 0.15) is 102 Å². The van der Waals surface area contributed by atoms with Crippen LogP contribution >= 0.6 is 11.6 Å². The Morgan fingerprint density at radius 2 is 0.819 bits per heavy atom. The van der Waals surface area contributed by atoms with Crippen molar-refractivity contribution in [2.45, 2.75) is 133 Å². The van der Waals surface area contributed by atoms with Gasteiger partial charge in [0.05, 0.1) is 33.1 Å². The molecule has 6 aliphatic rings. The molecule has 22 nitrogen and oxygen atoms in total. The predicted molar refractivity (Wildman–Crippen MR) is 368 cm³/mol. The zero-order valence-electron chi connectivity index (χ0n) is 54.4. The van der Waals surface area contributed by atoms with E-state index in [0.717, 1.165) is 69.5 Å². The number of nitrogens with zero attached hydrogens (tertiary/aromatic N) is 9. The number of H-pyrrole nitrogens is 3. The van der Waals surface area contributed by atoms with E-state index in [-0.39, 0.29) is 40.8 Å². The van der Waals surface area contributed by atoms with Crippen LogP contribution in [0.2, 0.25) is 5.02 Å². The highest BCUT2D eigenvalue weighted by Crippen LogP contribution is 2.28. The molecule has 6 aliphatic heterocycles. The van der Waals surface area contributed by atoms with Gasteiger partial charge < -0.3 is 29.7 Å². The molecule has 94 heavy (non-hydrogen) atoms. The summed E-state index contributed by atoms with van der Waals surface area (Å²) in [4.78, 5) is 117. The first-order valence-electron chi connectivity index (χ1n) is 31.3. The second kappa shape index (κ2) is 28.8. The molecule has 0 saturated heterocycles. The van der Waals surface area contributed by atoms with Crippen LogP contribution in [0.4, 0.5) is 0 Å². The quantitative estimate of drug-likeness (QED) is 0.0367. The van der Waals surface area contributed by atoms with E-state index >= 15 is 0 Å². The van der Waals surface area contributed by atoms with E-state index in [1.807, 2.05) is 99.2 Å². The first kappa shape index (κ1) is 66.8. The van der Waals surface area contributed by atoms with E-state index in [2.05, 4.69) is 137 Å². The lowest BCUT2D eigenvalue weighted by Crippen LogP contribution is -2.32. The Kier molecular flexibility index (Phi) is 20.4. The van der Waals surface area contributed by atoms with Crippen molar-refractivity contribution in [3.05, 3.63) is 238 Å². The number of hydrogen-bond acceptors (Lipinski definition) is 15. The van der Waals surface area contributed by atoms with Crippen LogP contribution < -0.4 is 49.7 Å². The molecule has 0 atom stereocenters. The molecule has 0 bridgehead atoms. The predicted octanol–water partition coefficient (Wildman–Crippen LogP) is 8.79. The van der Waals surface area contributed by atoms with Crippen molar-refractivity contribution >= 4 is 50.6 Å². The SMILES string of the molecule is CCCCc1ccc(CNCCn2c3nc(=O)[nH]c(=O)c-3nc3cc(C)c(C)cc32)cc1.Cc1cc2nc3c(=O)[nH]c(=O)nc-3n(CC(=O)NCc3ccc(Cl)cc3)c2cc1C.Cc1cc2nc3c(=O)[nH]c(=O)nc-3n(CCNCc3ccc(C(C)(C)C)cc3)c2cc1C. The van der Waals surface area contributed by atoms with Gasteiger partial charge in [-0.25, -0.2) is 29.3 Å². The lowest BCUT2D eigenvalue weighted by molar-refractivity contribution is -0.121. The third kappa shape index (κ3) is 15.7. The van der Waals surface area contributed by atoms with Crippen LogP contribution in [0, 0.1) is 41.5 Å². The maximum atomic E-state index is 12.7. The van der Waals surface area contributed by atoms with Crippen molar-refractivity contribution in [3.8, 4) is 34.6 Å². The summed E-state index contributed by atoms with van der Waals surface area (Å²) < 4.78 is 5.38. The molecule has 0 aliphatic carbocycles. The summed E-state index contributed by atoms with van der Waals surface area (Å²) in [5.41, 5.74) is 13.5. The smallest absolute Gasteiger partial charge is 0.349 e. The summed E-state index contributed by atoms with van der Waals surface area (Å²) in [7, 11) is 0. The van der Waals surface area contributed by atoms with Gasteiger partial charge in [-0.15, -0.1) is 0 Å². The van der Waals surface area contributed by atoms with Crippen molar-refractivity contribution < 1.29 is 4.79 Å². The fraction of sp³-hybridized carbons (Fsp3) is 0.310. The largest absolute Gasteiger partial charge is 0.350 e. The van der Waals surface area contributed by atoms with Gasteiger partial charge in [0.1, 0.15) is 6.54 Å². The lowest BCUT2D eigenvalue weighted by Gasteiger charge is -2.19. The summed E-state index contributed by atoms with van der Waals surface area (Å²) in [6.07, 6.45) is 3.53. The van der Waals surface area contributed by atoms with Crippen LogP contribution in [0.5, 0.6) is 0 Å². The fourth-order valence-corrected chi connectivity index (χ4v) is 11.1. The third-order valence-corrected chi connectivity index (χ3v) is 17.0. The molecule has 6 aromatic rings. The van der Waals surface area contributed by atoms with Crippen molar-refractivity contribution in [2.24, 2.45) is 0 Å². The maximum Gasteiger partial charge on any atom is 0.349 e. The Labute approximate surface area is 546 Å². The molecule has 0 unspecified atom stereocenters. The highest BCUT2D eigenvalue weighted by atomic mass is 35.5. The maximum absolute atomic E-state index is 12.7. The first-order chi connectivity index (χ1) is 44.9. The molecule has 12 rings (SSSR count). The van der Waals surface area contributed by atoms with E-state index in [1.165, 1.54) is 35.1 Å². The molecular formula is C71H76ClN15O7. The number of benzene rings is 6. The molecule has 0 spiro atoms. The first-order valence-corrected chi connectivity index (χ1v) is 31.6. The summed E-state index contributed by atoms with van der Waals surface area (Å²) in [5, 5.41) is 10.4. The fourth-order valence-electron chi connectivity index (χ4n) is 10.9. The number of amides is 1. The number of unbranched alkanes of at least 4 members (excludes halogenated alkanes) is 1. The average Bonchev–Trinajstić information content (AvgIpc) is 0.772. The van der Waals surface area contributed by atoms with Crippen LogP contribution in [-0.2, 0) is 55.9 Å². The number of nitrogens with one attached hydrogen (secondary N) is 6. The average molecular weight is 1290 g/mol. The third-order valence-electron chi connectivity index (χ3n) is 16.7. The van der Waals surface area contributed by atoms with Crippen molar-refractivity contribution in [1.29, 1.82) is 0 Å². The Hall–Kier alpha value is -10.2. The lowest BCUT2D eigenvalue weighted by atomic mass is 9.87. The number of aromatic amines is 3. The molecular weight excluding hydrogens is 1210 g/mol. The Balaban J connectivity index is 0.000000154. The Bertz CT molecular complexity index is 5050. The second-order valence-electron chi connectivity index (χ2n) is 24.8. The summed E-state index contributed by atoms with van der Waals surface area (Å²) in [5.74, 6) is 0.403. The molecule has 6 aromatic carbocycles. The zero-order chi connectivity index (χ0) is 67.1. The van der Waals surface area contributed by atoms with Gasteiger partial charge in [0.25, 0.3) is 16.7 Å². The minimum Gasteiger partial charge on any atom is -0.350 e. The Morgan fingerprint density at radius 3 is 1.22 bits per heavy atom. The van der Waals surface area contributed by atoms with Gasteiger partial charge in [-0.2, -0.15) is 15.0 Å². The topological polar surface area (TPSA) is 295 Å². The number of carbonyl (C=O) groups is 1. The van der Waals surface area contributed by atoms with Gasteiger partial charge in [-0.05, 0) is 170 Å². The van der Waals surface area contributed by atoms with Gasteiger partial charge >= 0.3 is 17.1 Å². The number of fused-ring (bicyclic) bond motifs is 6. The van der Waals surface area contributed by atoms with Crippen molar-refractivity contribution in [1.82, 2.24) is 74.5 Å². The number of aromatic nitrogens is 12. The number of rotatable bonds is 17. The van der Waals surface area contributed by atoms with Crippen LogP contribution in [-0.4, -0.2) is 77.6 Å². The van der Waals surface area contributed by atoms with E-state index in [1.54, 1.807) is 16.7 Å². The normalized spacial score (nSPS) is 11.6. The van der Waals surface area contributed by atoms with Crippen molar-refractivity contribution in [3.63, 3.8) is 0 Å². The molecule has 0 radical (unpaired) electrons. The van der Waals surface area contributed by atoms with E-state index in [0.29, 0.717) is 71.5 Å². The summed E-state index contributed by atoms with van der Waals surface area (Å²) >= 11 is 5.88. The number of hydrogen-bond donors (Lipinski definition) is 6. The molecule has 0 fully saturated rings. The van der Waals surface area contributed by atoms with E-state index in [9.17, 15) is 33.6 Å². The second-order valence-corrected chi connectivity index (χ2v) is 25.2. The van der Waals surface area contributed by atoms with Crippen molar-refractivity contribution in [2.75, 3.05) is 13.1 Å². The van der Waals surface area contributed by atoms with Gasteiger partial charge in [0.2, 0.25) is 5.91 Å². The van der Waals surface area contributed by atoms with Gasteiger partial charge in [-0.1, -0.05) is 106 Å². The zero-order valence-corrected chi connectivity index (χ0v) is 55.2. The van der Waals surface area contributed by atoms with Gasteiger partial charge in [0.15, 0.2) is 34.6 Å². The Morgan fingerprint density at radius 1 is 0.468 bits per heavy atom. The molecule has 0 saturated carbocycles. The highest BCUT2D eigenvalue weighted by Gasteiger charge is 2.24. The molecule has 23 heteroatoms. The monoisotopic (exact) mass is 1290 g/mol. The molecule has 1 amide bonds. The number of aryl methyl sites for hydroxylation is 7. The number of carbonyl (C=O) groups excluding carboxylic acids is 1.